The summed E-state index contributed by atoms with van der Waals surface area (Å²) >= 11 is 0. The second kappa shape index (κ2) is 14.8. The molecule has 0 radical (unpaired) electrons. The molecule has 198 valence electrons. The van der Waals surface area contributed by atoms with Crippen LogP contribution in [0.1, 0.15) is 47.8 Å². The lowest BCUT2D eigenvalue weighted by Gasteiger charge is -2.12. The first-order chi connectivity index (χ1) is 16.8. The summed E-state index contributed by atoms with van der Waals surface area (Å²) in [6.07, 6.45) is 0.983. The Hall–Kier alpha value is -3.46. The molecule has 0 spiro atoms. The van der Waals surface area contributed by atoms with E-state index >= 15 is 0 Å². The van der Waals surface area contributed by atoms with Crippen LogP contribution >= 0.6 is 0 Å². The Kier molecular flexibility index (Phi) is 12.6. The number of hydrogen-bond acceptors (Lipinski definition) is 6. The fraction of sp³-hybridized carbons (Fsp3) is 0.407. The molecule has 0 aliphatic rings. The van der Waals surface area contributed by atoms with Gasteiger partial charge in [0.15, 0.2) is 0 Å². The first-order valence-corrected chi connectivity index (χ1v) is 11.5. The van der Waals surface area contributed by atoms with Crippen molar-refractivity contribution in [3.63, 3.8) is 0 Å². The Morgan fingerprint density at radius 3 is 2.25 bits per heavy atom. The quantitative estimate of drug-likeness (QED) is 0.179. The molecule has 2 aromatic rings. The van der Waals surface area contributed by atoms with Gasteiger partial charge in [0.25, 0.3) is 0 Å². The average molecular weight is 507 g/mol. The van der Waals surface area contributed by atoms with E-state index in [1.54, 1.807) is 24.5 Å². The molecule has 9 heteroatoms. The SMILES string of the molecule is C=C(O)C(O)C(C)C.CCN(C)C=Nc1cc(C)c(C(=O)OCc2ccc(OC(F)F)cc2)cc1C. The molecule has 0 bridgehead atoms. The van der Waals surface area contributed by atoms with Crippen LogP contribution in [0.3, 0.4) is 0 Å². The van der Waals surface area contributed by atoms with Gasteiger partial charge in [0.1, 0.15) is 24.2 Å². The average Bonchev–Trinajstić information content (AvgIpc) is 2.82. The topological polar surface area (TPSA) is 91.6 Å². The van der Waals surface area contributed by atoms with E-state index in [0.717, 1.165) is 23.4 Å². The third kappa shape index (κ3) is 10.4. The van der Waals surface area contributed by atoms with Gasteiger partial charge in [-0.05, 0) is 67.6 Å². The van der Waals surface area contributed by atoms with Crippen molar-refractivity contribution in [2.75, 3.05) is 13.6 Å². The molecule has 1 atom stereocenters. The van der Waals surface area contributed by atoms with Crippen LogP contribution in [0.5, 0.6) is 5.75 Å². The van der Waals surface area contributed by atoms with E-state index in [9.17, 15) is 13.6 Å². The minimum atomic E-state index is -2.87. The summed E-state index contributed by atoms with van der Waals surface area (Å²) in [5.41, 5.74) is 3.57. The number of nitrogens with zero attached hydrogens (tertiary/aromatic N) is 2. The zero-order valence-corrected chi connectivity index (χ0v) is 21.7. The van der Waals surface area contributed by atoms with Crippen LogP contribution in [0.2, 0.25) is 0 Å². The van der Waals surface area contributed by atoms with Crippen molar-refractivity contribution in [2.24, 2.45) is 10.9 Å². The number of halogens is 2. The molecule has 0 aromatic heterocycles. The number of carbonyl (C=O) groups is 1. The molecule has 1 unspecified atom stereocenters. The first-order valence-electron chi connectivity index (χ1n) is 11.5. The number of esters is 1. The smallest absolute Gasteiger partial charge is 0.387 e. The van der Waals surface area contributed by atoms with Crippen LogP contribution in [0.15, 0.2) is 53.7 Å². The predicted octanol–water partition coefficient (Wildman–Crippen LogP) is 5.95. The van der Waals surface area contributed by atoms with Gasteiger partial charge in [0.2, 0.25) is 0 Å². The van der Waals surface area contributed by atoms with Crippen LogP contribution in [0, 0.1) is 19.8 Å². The highest BCUT2D eigenvalue weighted by molar-refractivity contribution is 5.92. The normalized spacial score (nSPS) is 11.8. The maximum absolute atomic E-state index is 12.4. The lowest BCUT2D eigenvalue weighted by Crippen LogP contribution is -2.16. The maximum Gasteiger partial charge on any atom is 0.387 e. The van der Waals surface area contributed by atoms with Crippen molar-refractivity contribution >= 4 is 18.0 Å². The molecule has 0 aliphatic carbocycles. The fourth-order valence-corrected chi connectivity index (χ4v) is 2.78. The number of rotatable bonds is 10. The largest absolute Gasteiger partial charge is 0.510 e. The van der Waals surface area contributed by atoms with E-state index in [0.29, 0.717) is 11.1 Å². The van der Waals surface area contributed by atoms with E-state index in [4.69, 9.17) is 14.9 Å². The number of alkyl halides is 2. The highest BCUT2D eigenvalue weighted by Gasteiger charge is 2.14. The molecule has 7 nitrogen and oxygen atoms in total. The second-order valence-electron chi connectivity index (χ2n) is 8.55. The van der Waals surface area contributed by atoms with E-state index in [1.807, 2.05) is 52.6 Å². The molecular weight excluding hydrogens is 470 g/mol. The van der Waals surface area contributed by atoms with Crippen molar-refractivity contribution in [3.05, 3.63) is 71.0 Å². The minimum absolute atomic E-state index is 0.0352. The molecule has 36 heavy (non-hydrogen) atoms. The van der Waals surface area contributed by atoms with Gasteiger partial charge in [-0.3, -0.25) is 0 Å². The van der Waals surface area contributed by atoms with E-state index in [1.165, 1.54) is 12.1 Å². The van der Waals surface area contributed by atoms with E-state index in [-0.39, 0.29) is 24.0 Å². The Balaban J connectivity index is 0.000000697. The standard InChI is InChI=1S/C21H24F2N2O3.C6H12O2/c1-5-25(4)13-24-19-11-14(2)18(10-15(19)3)20(26)27-12-16-6-8-17(9-7-16)28-21(22)23;1-4(2)6(8)5(3)7/h6-11,13,21H,5,12H2,1-4H3;4,6-8H,3H2,1-2H3. The van der Waals surface area contributed by atoms with Crippen molar-refractivity contribution < 1.29 is 33.3 Å². The Morgan fingerprint density at radius 1 is 1.17 bits per heavy atom. The van der Waals surface area contributed by atoms with Gasteiger partial charge >= 0.3 is 12.6 Å². The number of aryl methyl sites for hydroxylation is 2. The molecule has 0 saturated carbocycles. The Labute approximate surface area is 211 Å². The summed E-state index contributed by atoms with van der Waals surface area (Å²) in [4.78, 5) is 18.8. The lowest BCUT2D eigenvalue weighted by molar-refractivity contribution is -0.0498. The number of aliphatic hydroxyl groups excluding tert-OH is 2. The van der Waals surface area contributed by atoms with Gasteiger partial charge in [0.05, 0.1) is 17.6 Å². The number of benzene rings is 2. The zero-order chi connectivity index (χ0) is 27.4. The fourth-order valence-electron chi connectivity index (χ4n) is 2.78. The van der Waals surface area contributed by atoms with Crippen molar-refractivity contribution in [1.82, 2.24) is 4.90 Å². The van der Waals surface area contributed by atoms with Gasteiger partial charge < -0.3 is 24.6 Å². The molecule has 0 fully saturated rings. The van der Waals surface area contributed by atoms with Crippen molar-refractivity contribution in [2.45, 2.75) is 53.9 Å². The van der Waals surface area contributed by atoms with Crippen LogP contribution in [0.25, 0.3) is 0 Å². The van der Waals surface area contributed by atoms with Gasteiger partial charge in [-0.25, -0.2) is 9.79 Å². The number of aliphatic hydroxyl groups is 2. The number of ether oxygens (including phenoxy) is 2. The third-order valence-electron chi connectivity index (χ3n) is 5.15. The van der Waals surface area contributed by atoms with Crippen molar-refractivity contribution in [1.29, 1.82) is 0 Å². The number of hydrogen-bond donors (Lipinski definition) is 2. The highest BCUT2D eigenvalue weighted by Crippen LogP contribution is 2.24. The van der Waals surface area contributed by atoms with Gasteiger partial charge in [-0.1, -0.05) is 32.6 Å². The van der Waals surface area contributed by atoms with Gasteiger partial charge in [0, 0.05) is 13.6 Å². The molecule has 2 N–H and O–H groups in total. The van der Waals surface area contributed by atoms with Crippen LogP contribution in [0.4, 0.5) is 14.5 Å². The summed E-state index contributed by atoms with van der Waals surface area (Å²) < 4.78 is 34.0. The number of carbonyl (C=O) groups excluding carboxylic acids is 1. The van der Waals surface area contributed by atoms with Gasteiger partial charge in [-0.2, -0.15) is 8.78 Å². The summed E-state index contributed by atoms with van der Waals surface area (Å²) in [6, 6.07) is 9.57. The van der Waals surface area contributed by atoms with Crippen LogP contribution in [-0.2, 0) is 11.3 Å². The molecular formula is C27H36F2N2O5. The lowest BCUT2D eigenvalue weighted by atomic mass is 10.0. The summed E-state index contributed by atoms with van der Waals surface area (Å²) in [5, 5.41) is 17.4. The molecule has 0 heterocycles. The van der Waals surface area contributed by atoms with E-state index < -0.39 is 18.7 Å². The molecule has 0 aliphatic heterocycles. The summed E-state index contributed by atoms with van der Waals surface area (Å²) in [7, 11) is 1.93. The predicted molar refractivity (Wildman–Crippen MR) is 137 cm³/mol. The summed E-state index contributed by atoms with van der Waals surface area (Å²) in [6.45, 7) is 10.6. The molecule has 0 amide bonds. The Bertz CT molecular complexity index is 1020. The monoisotopic (exact) mass is 506 g/mol. The third-order valence-corrected chi connectivity index (χ3v) is 5.15. The highest BCUT2D eigenvalue weighted by atomic mass is 19.3. The van der Waals surface area contributed by atoms with E-state index in [2.05, 4.69) is 16.3 Å². The maximum atomic E-state index is 12.4. The van der Waals surface area contributed by atoms with Crippen LogP contribution < -0.4 is 4.74 Å². The molecule has 0 saturated heterocycles. The summed E-state index contributed by atoms with van der Waals surface area (Å²) in [5.74, 6) is -0.497. The minimum Gasteiger partial charge on any atom is -0.510 e. The first kappa shape index (κ1) is 30.6. The molecule has 2 rings (SSSR count). The van der Waals surface area contributed by atoms with Crippen LogP contribution in [-0.4, -0.2) is 53.7 Å². The van der Waals surface area contributed by atoms with Crippen molar-refractivity contribution in [3.8, 4) is 5.75 Å². The number of aliphatic imine (C=N–C) groups is 1. The zero-order valence-electron chi connectivity index (χ0n) is 21.7. The van der Waals surface area contributed by atoms with Gasteiger partial charge in [-0.15, -0.1) is 0 Å². The molecule has 2 aromatic carbocycles. The Morgan fingerprint density at radius 2 is 1.78 bits per heavy atom. The second-order valence-corrected chi connectivity index (χ2v) is 8.55.